The van der Waals surface area contributed by atoms with Crippen molar-refractivity contribution in [3.63, 3.8) is 0 Å². The second kappa shape index (κ2) is 7.44. The maximum absolute atomic E-state index is 12.2. The molecule has 2 aromatic carbocycles. The molecule has 128 valence electrons. The fourth-order valence-electron chi connectivity index (χ4n) is 2.39. The lowest BCUT2D eigenvalue weighted by molar-refractivity contribution is -0.120. The Morgan fingerprint density at radius 2 is 1.76 bits per heavy atom. The molecule has 0 spiro atoms. The van der Waals surface area contributed by atoms with Gasteiger partial charge in [-0.3, -0.25) is 9.59 Å². The first-order chi connectivity index (χ1) is 12.0. The highest BCUT2D eigenvalue weighted by molar-refractivity contribution is 7.80. The van der Waals surface area contributed by atoms with Gasteiger partial charge >= 0.3 is 0 Å². The summed E-state index contributed by atoms with van der Waals surface area (Å²) in [5, 5.41) is 8.87. The number of thiocarbonyl (C=S) groups is 1. The summed E-state index contributed by atoms with van der Waals surface area (Å²) in [5.74, 6) is -0.0744. The molecule has 5 nitrogen and oxygen atoms in total. The SMILES string of the molecule is Cc1cc(NC(=S)NC(=O)C2CC2)ccc1NC(=O)c1ccccc1. The van der Waals surface area contributed by atoms with Gasteiger partial charge in [0.2, 0.25) is 5.91 Å². The number of rotatable bonds is 4. The number of amides is 2. The Morgan fingerprint density at radius 1 is 1.04 bits per heavy atom. The number of anilines is 2. The second-order valence-corrected chi connectivity index (χ2v) is 6.48. The summed E-state index contributed by atoms with van der Waals surface area (Å²) in [6.45, 7) is 1.90. The lowest BCUT2D eigenvalue weighted by atomic mass is 10.1. The number of nitrogens with one attached hydrogen (secondary N) is 3. The maximum Gasteiger partial charge on any atom is 0.255 e. The zero-order valence-corrected chi connectivity index (χ0v) is 14.7. The Kier molecular flexibility index (Phi) is 5.09. The van der Waals surface area contributed by atoms with E-state index in [0.29, 0.717) is 5.56 Å². The van der Waals surface area contributed by atoms with E-state index in [4.69, 9.17) is 12.2 Å². The monoisotopic (exact) mass is 353 g/mol. The second-order valence-electron chi connectivity index (χ2n) is 6.07. The van der Waals surface area contributed by atoms with Crippen LogP contribution < -0.4 is 16.0 Å². The predicted molar refractivity (Wildman–Crippen MR) is 103 cm³/mol. The Labute approximate surface area is 151 Å². The van der Waals surface area contributed by atoms with E-state index >= 15 is 0 Å². The van der Waals surface area contributed by atoms with Gasteiger partial charge in [-0.1, -0.05) is 18.2 Å². The molecule has 2 amide bonds. The van der Waals surface area contributed by atoms with Crippen molar-refractivity contribution in [1.82, 2.24) is 5.32 Å². The fraction of sp³-hybridized carbons (Fsp3) is 0.211. The van der Waals surface area contributed by atoms with E-state index in [9.17, 15) is 9.59 Å². The topological polar surface area (TPSA) is 70.2 Å². The first kappa shape index (κ1) is 17.1. The van der Waals surface area contributed by atoms with E-state index in [2.05, 4.69) is 16.0 Å². The largest absolute Gasteiger partial charge is 0.332 e. The van der Waals surface area contributed by atoms with Gasteiger partial charge in [-0.2, -0.15) is 0 Å². The van der Waals surface area contributed by atoms with Crippen molar-refractivity contribution in [3.05, 3.63) is 59.7 Å². The van der Waals surface area contributed by atoms with E-state index in [1.165, 1.54) is 0 Å². The molecule has 0 bridgehead atoms. The summed E-state index contributed by atoms with van der Waals surface area (Å²) in [4.78, 5) is 23.9. The molecule has 0 aliphatic heterocycles. The first-order valence-corrected chi connectivity index (χ1v) is 8.52. The van der Waals surface area contributed by atoms with E-state index in [1.54, 1.807) is 12.1 Å². The molecule has 0 atom stereocenters. The molecule has 3 rings (SSSR count). The van der Waals surface area contributed by atoms with Crippen LogP contribution in [0.1, 0.15) is 28.8 Å². The Bertz CT molecular complexity index is 817. The zero-order valence-electron chi connectivity index (χ0n) is 13.8. The standard InChI is InChI=1S/C19H19N3O2S/c1-12-11-15(20-19(25)22-18(24)14-7-8-14)9-10-16(12)21-17(23)13-5-3-2-4-6-13/h2-6,9-11,14H,7-8H2,1H3,(H,21,23)(H2,20,22,24,25). The molecule has 1 fully saturated rings. The average Bonchev–Trinajstić information content (AvgIpc) is 3.43. The molecule has 0 radical (unpaired) electrons. The van der Waals surface area contributed by atoms with Gasteiger partial charge in [0.1, 0.15) is 0 Å². The van der Waals surface area contributed by atoms with Gasteiger partial charge in [0.15, 0.2) is 5.11 Å². The van der Waals surface area contributed by atoms with Crippen LogP contribution in [-0.4, -0.2) is 16.9 Å². The summed E-state index contributed by atoms with van der Waals surface area (Å²) < 4.78 is 0. The Balaban J connectivity index is 1.61. The third-order valence-corrected chi connectivity index (χ3v) is 4.16. The van der Waals surface area contributed by atoms with Crippen molar-refractivity contribution in [2.24, 2.45) is 5.92 Å². The van der Waals surface area contributed by atoms with Crippen LogP contribution in [0.5, 0.6) is 0 Å². The quantitative estimate of drug-likeness (QED) is 0.736. The highest BCUT2D eigenvalue weighted by Gasteiger charge is 2.30. The van der Waals surface area contributed by atoms with Crippen LogP contribution in [0.3, 0.4) is 0 Å². The summed E-state index contributed by atoms with van der Waals surface area (Å²) in [5.41, 5.74) is 2.99. The van der Waals surface area contributed by atoms with Crippen molar-refractivity contribution in [2.75, 3.05) is 10.6 Å². The Morgan fingerprint density at radius 3 is 2.40 bits per heavy atom. The van der Waals surface area contributed by atoms with Gasteiger partial charge in [-0.15, -0.1) is 0 Å². The van der Waals surface area contributed by atoms with Crippen LogP contribution in [0.25, 0.3) is 0 Å². The van der Waals surface area contributed by atoms with Crippen LogP contribution in [0.15, 0.2) is 48.5 Å². The van der Waals surface area contributed by atoms with Gasteiger partial charge in [-0.25, -0.2) is 0 Å². The molecular weight excluding hydrogens is 334 g/mol. The molecule has 3 N–H and O–H groups in total. The molecule has 0 unspecified atom stereocenters. The normalized spacial score (nSPS) is 13.0. The minimum Gasteiger partial charge on any atom is -0.332 e. The highest BCUT2D eigenvalue weighted by atomic mass is 32.1. The summed E-state index contributed by atoms with van der Waals surface area (Å²) >= 11 is 5.16. The number of carbonyl (C=O) groups is 2. The van der Waals surface area contributed by atoms with Gasteiger partial charge in [0, 0.05) is 22.9 Å². The average molecular weight is 353 g/mol. The van der Waals surface area contributed by atoms with Crippen molar-refractivity contribution in [2.45, 2.75) is 19.8 Å². The summed E-state index contributed by atoms with van der Waals surface area (Å²) in [6, 6.07) is 14.5. The summed E-state index contributed by atoms with van der Waals surface area (Å²) in [6.07, 6.45) is 1.87. The van der Waals surface area contributed by atoms with Gasteiger partial charge in [0.25, 0.3) is 5.91 Å². The van der Waals surface area contributed by atoms with Gasteiger partial charge < -0.3 is 16.0 Å². The zero-order chi connectivity index (χ0) is 17.8. The molecule has 2 aromatic rings. The molecule has 0 heterocycles. The van der Waals surface area contributed by atoms with Crippen LogP contribution in [-0.2, 0) is 4.79 Å². The number of carbonyl (C=O) groups excluding carboxylic acids is 2. The summed E-state index contributed by atoms with van der Waals surface area (Å²) in [7, 11) is 0. The Hall–Kier alpha value is -2.73. The lowest BCUT2D eigenvalue weighted by Crippen LogP contribution is -2.35. The van der Waals surface area contributed by atoms with Crippen LogP contribution in [0.2, 0.25) is 0 Å². The van der Waals surface area contributed by atoms with Crippen LogP contribution in [0, 0.1) is 12.8 Å². The van der Waals surface area contributed by atoms with Crippen LogP contribution in [0.4, 0.5) is 11.4 Å². The number of aryl methyl sites for hydroxylation is 1. The van der Waals surface area contributed by atoms with Crippen molar-refractivity contribution >= 4 is 40.5 Å². The maximum atomic E-state index is 12.2. The minimum atomic E-state index is -0.156. The molecule has 6 heteroatoms. The van der Waals surface area contributed by atoms with Crippen molar-refractivity contribution in [1.29, 1.82) is 0 Å². The molecule has 25 heavy (non-hydrogen) atoms. The third-order valence-electron chi connectivity index (χ3n) is 3.95. The van der Waals surface area contributed by atoms with Crippen LogP contribution >= 0.6 is 12.2 Å². The predicted octanol–water partition coefficient (Wildman–Crippen LogP) is 3.47. The number of hydrogen-bond donors (Lipinski definition) is 3. The van der Waals surface area contributed by atoms with Crippen molar-refractivity contribution < 1.29 is 9.59 Å². The third kappa shape index (κ3) is 4.64. The van der Waals surface area contributed by atoms with E-state index < -0.39 is 0 Å². The number of benzene rings is 2. The first-order valence-electron chi connectivity index (χ1n) is 8.12. The minimum absolute atomic E-state index is 0.0269. The molecule has 0 saturated heterocycles. The smallest absolute Gasteiger partial charge is 0.255 e. The lowest BCUT2D eigenvalue weighted by Gasteiger charge is -2.13. The fourth-order valence-corrected chi connectivity index (χ4v) is 2.61. The molecule has 1 aliphatic carbocycles. The molecule has 1 saturated carbocycles. The molecular formula is C19H19N3O2S. The molecule has 1 aliphatic rings. The van der Waals surface area contributed by atoms with Gasteiger partial charge in [0.05, 0.1) is 0 Å². The molecule has 0 aromatic heterocycles. The van der Waals surface area contributed by atoms with E-state index in [-0.39, 0.29) is 22.8 Å². The van der Waals surface area contributed by atoms with E-state index in [0.717, 1.165) is 29.8 Å². The van der Waals surface area contributed by atoms with E-state index in [1.807, 2.05) is 43.3 Å². The highest BCUT2D eigenvalue weighted by Crippen LogP contribution is 2.28. The van der Waals surface area contributed by atoms with Crippen molar-refractivity contribution in [3.8, 4) is 0 Å². The van der Waals surface area contributed by atoms with Gasteiger partial charge in [-0.05, 0) is 67.9 Å². The number of hydrogen-bond acceptors (Lipinski definition) is 3.